The number of nitrogens with one attached hydrogen (secondary N) is 1. The third-order valence-corrected chi connectivity index (χ3v) is 7.78. The van der Waals surface area contributed by atoms with Gasteiger partial charge < -0.3 is 24.6 Å². The van der Waals surface area contributed by atoms with Crippen LogP contribution in [0.2, 0.25) is 0 Å². The van der Waals surface area contributed by atoms with Crippen molar-refractivity contribution in [2.75, 3.05) is 32.8 Å². The first kappa shape index (κ1) is 27.4. The lowest BCUT2D eigenvalue weighted by molar-refractivity contribution is -0.145. The molecular weight excluding hydrogens is 502 g/mol. The van der Waals surface area contributed by atoms with Crippen molar-refractivity contribution in [1.82, 2.24) is 19.8 Å². The Kier molecular flexibility index (Phi) is 8.69. The van der Waals surface area contributed by atoms with E-state index in [0.29, 0.717) is 37.8 Å². The van der Waals surface area contributed by atoms with Gasteiger partial charge in [-0.1, -0.05) is 30.3 Å². The molecule has 0 bridgehead atoms. The van der Waals surface area contributed by atoms with Gasteiger partial charge >= 0.3 is 0 Å². The fourth-order valence-corrected chi connectivity index (χ4v) is 5.76. The van der Waals surface area contributed by atoms with Crippen molar-refractivity contribution < 1.29 is 23.4 Å². The van der Waals surface area contributed by atoms with Crippen molar-refractivity contribution in [2.24, 2.45) is 11.8 Å². The van der Waals surface area contributed by atoms with E-state index in [1.807, 2.05) is 34.9 Å². The van der Waals surface area contributed by atoms with E-state index in [9.17, 15) is 18.7 Å². The van der Waals surface area contributed by atoms with Gasteiger partial charge in [-0.25, -0.2) is 13.8 Å². The molecule has 3 aromatic rings. The van der Waals surface area contributed by atoms with Crippen LogP contribution in [0, 0.1) is 23.5 Å². The molecule has 0 saturated carbocycles. The standard InChI is InChI=1S/C30H36F2N4O3/c1-20(37)30(38)36(18-22-9-12-33-16-22)28(23-10-13-39-14-11-23)29-34-27(25-15-24(31)7-8-26(25)32)19-35(29)17-21-5-3-2-4-6-21/h2-8,15,19-20,22-23,28,33,37H,9-14,16-18H2,1H3/t20-,22+,28?/m0/s1. The monoisotopic (exact) mass is 538 g/mol. The van der Waals surface area contributed by atoms with E-state index in [1.165, 1.54) is 6.92 Å². The minimum atomic E-state index is -1.18. The van der Waals surface area contributed by atoms with E-state index in [4.69, 9.17) is 9.72 Å². The van der Waals surface area contributed by atoms with Gasteiger partial charge in [0.15, 0.2) is 0 Å². The second-order valence-corrected chi connectivity index (χ2v) is 10.6. The van der Waals surface area contributed by atoms with E-state index in [0.717, 1.165) is 56.1 Å². The summed E-state index contributed by atoms with van der Waals surface area (Å²) in [5.74, 6) is -0.601. The number of aliphatic hydroxyl groups excluding tert-OH is 1. The number of amides is 1. The molecule has 2 saturated heterocycles. The fourth-order valence-electron chi connectivity index (χ4n) is 5.76. The van der Waals surface area contributed by atoms with Crippen molar-refractivity contribution in [3.8, 4) is 11.3 Å². The van der Waals surface area contributed by atoms with Crippen molar-refractivity contribution in [1.29, 1.82) is 0 Å². The maximum absolute atomic E-state index is 14.9. The molecule has 3 heterocycles. The van der Waals surface area contributed by atoms with Crippen LogP contribution in [0.15, 0.2) is 54.7 Å². The lowest BCUT2D eigenvalue weighted by atomic mass is 9.88. The van der Waals surface area contributed by atoms with Crippen molar-refractivity contribution in [3.05, 3.63) is 77.8 Å². The summed E-state index contributed by atoms with van der Waals surface area (Å²) in [5.41, 5.74) is 1.39. The molecule has 0 aliphatic carbocycles. The largest absolute Gasteiger partial charge is 0.384 e. The molecule has 39 heavy (non-hydrogen) atoms. The van der Waals surface area contributed by atoms with Crippen LogP contribution in [0.25, 0.3) is 11.3 Å². The molecule has 2 aliphatic heterocycles. The van der Waals surface area contributed by atoms with Crippen molar-refractivity contribution in [2.45, 2.75) is 44.9 Å². The number of aromatic nitrogens is 2. The zero-order valence-electron chi connectivity index (χ0n) is 22.2. The van der Waals surface area contributed by atoms with E-state index >= 15 is 0 Å². The zero-order valence-corrected chi connectivity index (χ0v) is 22.2. The maximum Gasteiger partial charge on any atom is 0.251 e. The minimum absolute atomic E-state index is 0.0259. The lowest BCUT2D eigenvalue weighted by Gasteiger charge is -2.40. The second kappa shape index (κ2) is 12.4. The molecule has 9 heteroatoms. The third-order valence-electron chi connectivity index (χ3n) is 7.78. The van der Waals surface area contributed by atoms with Gasteiger partial charge in [-0.05, 0) is 74.9 Å². The lowest BCUT2D eigenvalue weighted by Crippen LogP contribution is -2.47. The molecule has 3 atom stereocenters. The molecule has 2 aromatic carbocycles. The number of hydrogen-bond acceptors (Lipinski definition) is 5. The molecule has 0 radical (unpaired) electrons. The number of halogens is 2. The summed E-state index contributed by atoms with van der Waals surface area (Å²) >= 11 is 0. The number of hydrogen-bond donors (Lipinski definition) is 2. The first-order valence-electron chi connectivity index (χ1n) is 13.7. The van der Waals surface area contributed by atoms with Gasteiger partial charge in [0, 0.05) is 38.1 Å². The Morgan fingerprint density at radius 1 is 1.18 bits per heavy atom. The highest BCUT2D eigenvalue weighted by molar-refractivity contribution is 5.80. The molecule has 2 fully saturated rings. The number of benzene rings is 2. The van der Waals surface area contributed by atoms with Crippen LogP contribution in [-0.2, 0) is 16.1 Å². The normalized spacial score (nSPS) is 19.6. The number of rotatable bonds is 9. The minimum Gasteiger partial charge on any atom is -0.384 e. The Hall–Kier alpha value is -3.14. The van der Waals surface area contributed by atoms with Gasteiger partial charge in [0.2, 0.25) is 0 Å². The molecule has 208 valence electrons. The summed E-state index contributed by atoms with van der Waals surface area (Å²) in [6.45, 7) is 5.22. The highest BCUT2D eigenvalue weighted by atomic mass is 19.1. The molecule has 2 N–H and O–H groups in total. The number of nitrogens with zero attached hydrogens (tertiary/aromatic N) is 3. The summed E-state index contributed by atoms with van der Waals surface area (Å²) in [5, 5.41) is 13.8. The summed E-state index contributed by atoms with van der Waals surface area (Å²) in [6, 6.07) is 12.7. The van der Waals surface area contributed by atoms with Crippen LogP contribution in [0.5, 0.6) is 0 Å². The Morgan fingerprint density at radius 3 is 2.64 bits per heavy atom. The van der Waals surface area contributed by atoms with Crippen LogP contribution in [0.4, 0.5) is 8.78 Å². The molecule has 0 spiro atoms. The summed E-state index contributed by atoms with van der Waals surface area (Å²) in [7, 11) is 0. The predicted octanol–water partition coefficient (Wildman–Crippen LogP) is 4.16. The number of aliphatic hydroxyl groups is 1. The van der Waals surface area contributed by atoms with Crippen LogP contribution >= 0.6 is 0 Å². The second-order valence-electron chi connectivity index (χ2n) is 10.6. The quantitative estimate of drug-likeness (QED) is 0.428. The van der Waals surface area contributed by atoms with Crippen LogP contribution in [-0.4, -0.2) is 64.4 Å². The van der Waals surface area contributed by atoms with Crippen molar-refractivity contribution >= 4 is 5.91 Å². The highest BCUT2D eigenvalue weighted by Gasteiger charge is 2.39. The predicted molar refractivity (Wildman–Crippen MR) is 144 cm³/mol. The summed E-state index contributed by atoms with van der Waals surface area (Å²) in [6.07, 6.45) is 2.94. The number of carbonyl (C=O) groups excluding carboxylic acids is 1. The average molecular weight is 539 g/mol. The van der Waals surface area contributed by atoms with Gasteiger partial charge in [-0.2, -0.15) is 0 Å². The maximum atomic E-state index is 14.9. The SMILES string of the molecule is C[C@H](O)C(=O)N(C[C@@H]1CCNC1)C(c1nc(-c2cc(F)ccc2F)cn1Cc1ccccc1)C1CCOCC1. The summed E-state index contributed by atoms with van der Waals surface area (Å²) in [4.78, 5) is 20.3. The van der Waals surface area contributed by atoms with E-state index in [-0.39, 0.29) is 23.3 Å². The van der Waals surface area contributed by atoms with Crippen LogP contribution < -0.4 is 5.32 Å². The Labute approximate surface area is 227 Å². The fraction of sp³-hybridized carbons (Fsp3) is 0.467. The molecular formula is C30H36F2N4O3. The molecule has 7 nitrogen and oxygen atoms in total. The number of ether oxygens (including phenoxy) is 1. The van der Waals surface area contributed by atoms with Gasteiger partial charge in [-0.15, -0.1) is 0 Å². The number of imidazole rings is 1. The van der Waals surface area contributed by atoms with Crippen LogP contribution in [0.3, 0.4) is 0 Å². The van der Waals surface area contributed by atoms with Crippen molar-refractivity contribution in [3.63, 3.8) is 0 Å². The van der Waals surface area contributed by atoms with Gasteiger partial charge in [0.05, 0.1) is 11.7 Å². The molecule has 2 aliphatic rings. The zero-order chi connectivity index (χ0) is 27.4. The van der Waals surface area contributed by atoms with E-state index in [1.54, 1.807) is 11.1 Å². The molecule has 5 rings (SSSR count). The van der Waals surface area contributed by atoms with E-state index in [2.05, 4.69) is 5.32 Å². The first-order valence-corrected chi connectivity index (χ1v) is 13.7. The third kappa shape index (κ3) is 6.37. The Balaban J connectivity index is 1.65. The molecule has 1 unspecified atom stereocenters. The van der Waals surface area contributed by atoms with Gasteiger partial charge in [0.1, 0.15) is 23.6 Å². The summed E-state index contributed by atoms with van der Waals surface area (Å²) < 4.78 is 36.7. The Morgan fingerprint density at radius 2 is 1.95 bits per heavy atom. The van der Waals surface area contributed by atoms with Gasteiger partial charge in [0.25, 0.3) is 5.91 Å². The highest BCUT2D eigenvalue weighted by Crippen LogP contribution is 2.38. The van der Waals surface area contributed by atoms with E-state index < -0.39 is 23.8 Å². The average Bonchev–Trinajstić information content (AvgIpc) is 3.61. The number of carbonyl (C=O) groups is 1. The smallest absolute Gasteiger partial charge is 0.251 e. The Bertz CT molecular complexity index is 1250. The van der Waals surface area contributed by atoms with Gasteiger partial charge in [-0.3, -0.25) is 4.79 Å². The molecule has 1 aromatic heterocycles. The topological polar surface area (TPSA) is 79.6 Å². The van der Waals surface area contributed by atoms with Crippen LogP contribution in [0.1, 0.15) is 43.6 Å². The molecule has 1 amide bonds. The first-order chi connectivity index (χ1) is 18.9.